The van der Waals surface area contributed by atoms with Crippen LogP contribution in [0.5, 0.6) is 0 Å². The molecule has 0 saturated heterocycles. The van der Waals surface area contributed by atoms with E-state index in [2.05, 4.69) is 10.2 Å². The summed E-state index contributed by atoms with van der Waals surface area (Å²) in [6.45, 7) is 0. The lowest BCUT2D eigenvalue weighted by Gasteiger charge is -2.30. The number of hydrogen-bond acceptors (Lipinski definition) is 4. The molecule has 0 bridgehead atoms. The van der Waals surface area contributed by atoms with Gasteiger partial charge < -0.3 is 5.73 Å². The first-order valence-electron chi connectivity index (χ1n) is 4.42. The third-order valence-corrected chi connectivity index (χ3v) is 3.44. The molecule has 0 unspecified atom stereocenters. The maximum absolute atomic E-state index is 14.2. The van der Waals surface area contributed by atoms with E-state index in [0.29, 0.717) is 17.8 Å². The summed E-state index contributed by atoms with van der Waals surface area (Å²) in [4.78, 5) is 0. The first-order valence-corrected chi connectivity index (χ1v) is 5.30. The summed E-state index contributed by atoms with van der Waals surface area (Å²) >= 11 is 1.29. The summed E-state index contributed by atoms with van der Waals surface area (Å²) in [7, 11) is 0. The largest absolute Gasteiger partial charge is 0.328 e. The van der Waals surface area contributed by atoms with Gasteiger partial charge in [-0.1, -0.05) is 0 Å². The molecule has 1 saturated carbocycles. The summed E-state index contributed by atoms with van der Waals surface area (Å²) in [6, 6.07) is 0.164. The normalized spacial score (nSPS) is 32.3. The van der Waals surface area contributed by atoms with E-state index in [1.54, 1.807) is 5.51 Å². The summed E-state index contributed by atoms with van der Waals surface area (Å²) < 4.78 is 14.2. The van der Waals surface area contributed by atoms with Gasteiger partial charge in [0, 0.05) is 6.04 Å². The third-order valence-electron chi connectivity index (χ3n) is 2.57. The van der Waals surface area contributed by atoms with Crippen molar-refractivity contribution >= 4 is 23.7 Å². The van der Waals surface area contributed by atoms with Crippen LogP contribution in [0.1, 0.15) is 30.7 Å². The average Bonchev–Trinajstić information content (AvgIpc) is 2.63. The van der Waals surface area contributed by atoms with Crippen LogP contribution in [-0.4, -0.2) is 16.2 Å². The van der Waals surface area contributed by atoms with Gasteiger partial charge >= 0.3 is 0 Å². The molecule has 0 atom stereocenters. The second-order valence-corrected chi connectivity index (χ2v) is 4.38. The Kier molecular flexibility index (Phi) is 3.80. The summed E-state index contributed by atoms with van der Waals surface area (Å²) in [6.07, 6.45) is 2.47. The van der Waals surface area contributed by atoms with Gasteiger partial charge in [0.15, 0.2) is 10.7 Å². The molecular weight excluding hydrogens is 225 g/mol. The Bertz CT molecular complexity index is 272. The monoisotopic (exact) mass is 237 g/mol. The quantitative estimate of drug-likeness (QED) is 0.813. The van der Waals surface area contributed by atoms with Crippen LogP contribution in [0.3, 0.4) is 0 Å². The van der Waals surface area contributed by atoms with E-state index in [4.69, 9.17) is 5.73 Å². The number of nitrogens with zero attached hydrogens (tertiary/aromatic N) is 2. The SMILES string of the molecule is Cl.NC1CCC(F)(c2nncs2)CC1. The van der Waals surface area contributed by atoms with Gasteiger partial charge in [0.25, 0.3) is 0 Å². The van der Waals surface area contributed by atoms with E-state index in [9.17, 15) is 4.39 Å². The lowest BCUT2D eigenvalue weighted by atomic mass is 9.84. The minimum Gasteiger partial charge on any atom is -0.328 e. The fraction of sp³-hybridized carbons (Fsp3) is 0.750. The van der Waals surface area contributed by atoms with Gasteiger partial charge in [-0.3, -0.25) is 0 Å². The fourth-order valence-electron chi connectivity index (χ4n) is 1.68. The predicted molar refractivity (Wildman–Crippen MR) is 56.4 cm³/mol. The van der Waals surface area contributed by atoms with Crippen LogP contribution in [0.4, 0.5) is 4.39 Å². The second-order valence-electron chi connectivity index (χ2n) is 3.55. The molecule has 1 aliphatic rings. The Hall–Kier alpha value is -0.260. The molecule has 2 N–H and O–H groups in total. The molecular formula is C8H13ClFN3S. The van der Waals surface area contributed by atoms with E-state index < -0.39 is 5.67 Å². The number of nitrogens with two attached hydrogens (primary N) is 1. The van der Waals surface area contributed by atoms with Crippen molar-refractivity contribution < 1.29 is 4.39 Å². The van der Waals surface area contributed by atoms with Crippen molar-refractivity contribution in [1.82, 2.24) is 10.2 Å². The van der Waals surface area contributed by atoms with Crippen molar-refractivity contribution in [2.24, 2.45) is 5.73 Å². The average molecular weight is 238 g/mol. The van der Waals surface area contributed by atoms with E-state index in [0.717, 1.165) is 12.8 Å². The van der Waals surface area contributed by atoms with Crippen LogP contribution >= 0.6 is 23.7 Å². The smallest absolute Gasteiger partial charge is 0.164 e. The molecule has 0 spiro atoms. The van der Waals surface area contributed by atoms with Gasteiger partial charge in [0.2, 0.25) is 0 Å². The Balaban J connectivity index is 0.000000980. The minimum absolute atomic E-state index is 0. The molecule has 1 heterocycles. The zero-order valence-corrected chi connectivity index (χ0v) is 9.28. The summed E-state index contributed by atoms with van der Waals surface area (Å²) in [5.74, 6) is 0. The molecule has 0 amide bonds. The van der Waals surface area contributed by atoms with E-state index >= 15 is 0 Å². The van der Waals surface area contributed by atoms with Crippen LogP contribution in [0.15, 0.2) is 5.51 Å². The second kappa shape index (κ2) is 4.51. The number of hydrogen-bond donors (Lipinski definition) is 1. The van der Waals surface area contributed by atoms with Crippen molar-refractivity contribution in [1.29, 1.82) is 0 Å². The van der Waals surface area contributed by atoms with Crippen LogP contribution in [0.25, 0.3) is 0 Å². The van der Waals surface area contributed by atoms with Crippen LogP contribution < -0.4 is 5.73 Å². The Morgan fingerprint density at radius 1 is 1.50 bits per heavy atom. The predicted octanol–water partition coefficient (Wildman–Crippen LogP) is 2.03. The maximum atomic E-state index is 14.2. The van der Waals surface area contributed by atoms with Gasteiger partial charge in [0.1, 0.15) is 5.51 Å². The fourth-order valence-corrected chi connectivity index (χ4v) is 2.38. The van der Waals surface area contributed by atoms with E-state index in [-0.39, 0.29) is 18.4 Å². The Morgan fingerprint density at radius 3 is 2.64 bits per heavy atom. The van der Waals surface area contributed by atoms with E-state index in [1.165, 1.54) is 11.3 Å². The molecule has 1 aromatic heterocycles. The molecule has 80 valence electrons. The third kappa shape index (κ3) is 2.21. The van der Waals surface area contributed by atoms with Crippen molar-refractivity contribution in [3.05, 3.63) is 10.5 Å². The highest BCUT2D eigenvalue weighted by atomic mass is 35.5. The molecule has 1 aliphatic carbocycles. The Labute approximate surface area is 92.3 Å². The minimum atomic E-state index is -1.25. The number of rotatable bonds is 1. The number of aromatic nitrogens is 2. The van der Waals surface area contributed by atoms with Crippen molar-refractivity contribution in [2.75, 3.05) is 0 Å². The van der Waals surface area contributed by atoms with Crippen molar-refractivity contribution in [3.8, 4) is 0 Å². The number of alkyl halides is 1. The van der Waals surface area contributed by atoms with Gasteiger partial charge in [-0.15, -0.1) is 33.9 Å². The molecule has 6 heteroatoms. The van der Waals surface area contributed by atoms with Crippen molar-refractivity contribution in [2.45, 2.75) is 37.4 Å². The first-order chi connectivity index (χ1) is 6.21. The number of halogens is 2. The first kappa shape index (κ1) is 11.8. The van der Waals surface area contributed by atoms with Crippen LogP contribution in [0, 0.1) is 0 Å². The standard InChI is InChI=1S/C8H12FN3S.ClH/c9-8(7-12-11-5-13-7)3-1-6(10)2-4-8;/h5-6H,1-4,10H2;1H. The van der Waals surface area contributed by atoms with Gasteiger partial charge in [-0.2, -0.15) is 0 Å². The highest BCUT2D eigenvalue weighted by molar-refractivity contribution is 7.09. The molecule has 3 nitrogen and oxygen atoms in total. The van der Waals surface area contributed by atoms with Gasteiger partial charge in [-0.05, 0) is 25.7 Å². The van der Waals surface area contributed by atoms with E-state index in [1.807, 2.05) is 0 Å². The summed E-state index contributed by atoms with van der Waals surface area (Å²) in [5, 5.41) is 7.96. The maximum Gasteiger partial charge on any atom is 0.164 e. The highest BCUT2D eigenvalue weighted by Crippen LogP contribution is 2.40. The zero-order valence-electron chi connectivity index (χ0n) is 7.65. The molecule has 1 fully saturated rings. The van der Waals surface area contributed by atoms with Gasteiger partial charge in [0.05, 0.1) is 0 Å². The van der Waals surface area contributed by atoms with Gasteiger partial charge in [-0.25, -0.2) is 4.39 Å². The summed E-state index contributed by atoms with van der Waals surface area (Å²) in [5.41, 5.74) is 6.03. The highest BCUT2D eigenvalue weighted by Gasteiger charge is 2.38. The lowest BCUT2D eigenvalue weighted by Crippen LogP contribution is -2.33. The lowest BCUT2D eigenvalue weighted by molar-refractivity contribution is 0.0968. The Morgan fingerprint density at radius 2 is 2.14 bits per heavy atom. The molecule has 0 aromatic carbocycles. The van der Waals surface area contributed by atoms with Crippen LogP contribution in [0.2, 0.25) is 0 Å². The van der Waals surface area contributed by atoms with Crippen molar-refractivity contribution in [3.63, 3.8) is 0 Å². The molecule has 0 radical (unpaired) electrons. The molecule has 0 aliphatic heterocycles. The van der Waals surface area contributed by atoms with Crippen LogP contribution in [-0.2, 0) is 5.67 Å². The molecule has 14 heavy (non-hydrogen) atoms. The topological polar surface area (TPSA) is 51.8 Å². The zero-order chi connectivity index (χ0) is 9.31. The molecule has 2 rings (SSSR count). The molecule has 1 aromatic rings.